The Bertz CT molecular complexity index is 661. The molecule has 0 aliphatic carbocycles. The van der Waals surface area contributed by atoms with E-state index in [1.807, 2.05) is 24.3 Å². The molecular formula is C17H17ClFNO2. The Labute approximate surface area is 134 Å². The zero-order valence-corrected chi connectivity index (χ0v) is 13.0. The predicted octanol–water partition coefficient (Wildman–Crippen LogP) is 3.85. The van der Waals surface area contributed by atoms with Crippen molar-refractivity contribution in [3.8, 4) is 5.75 Å². The summed E-state index contributed by atoms with van der Waals surface area (Å²) in [5, 5.41) is 2.97. The van der Waals surface area contributed by atoms with E-state index in [1.165, 1.54) is 12.1 Å². The third-order valence-corrected chi connectivity index (χ3v) is 3.51. The van der Waals surface area contributed by atoms with Gasteiger partial charge in [0.15, 0.2) is 0 Å². The molecule has 0 heterocycles. The monoisotopic (exact) mass is 321 g/mol. The van der Waals surface area contributed by atoms with Crippen LogP contribution in [0.2, 0.25) is 5.02 Å². The van der Waals surface area contributed by atoms with Crippen molar-refractivity contribution in [1.29, 1.82) is 0 Å². The lowest BCUT2D eigenvalue weighted by atomic mass is 10.1. The van der Waals surface area contributed by atoms with Gasteiger partial charge in [0, 0.05) is 11.6 Å². The van der Waals surface area contributed by atoms with Crippen molar-refractivity contribution in [1.82, 2.24) is 5.32 Å². The lowest BCUT2D eigenvalue weighted by Crippen LogP contribution is -2.25. The van der Waals surface area contributed by atoms with Gasteiger partial charge in [-0.15, -0.1) is 0 Å². The third-order valence-electron chi connectivity index (χ3n) is 3.28. The summed E-state index contributed by atoms with van der Waals surface area (Å²) in [5.41, 5.74) is 1.08. The Hall–Kier alpha value is -2.07. The first-order valence-corrected chi connectivity index (χ1v) is 7.34. The average Bonchev–Trinajstić information content (AvgIpc) is 2.51. The third kappa shape index (κ3) is 4.21. The molecule has 0 aliphatic rings. The number of aryl methyl sites for hydroxylation is 1. The number of hydrogen-bond donors (Lipinski definition) is 1. The Morgan fingerprint density at radius 1 is 1.27 bits per heavy atom. The lowest BCUT2D eigenvalue weighted by Gasteiger charge is -2.09. The van der Waals surface area contributed by atoms with E-state index in [4.69, 9.17) is 16.3 Å². The molecule has 0 spiro atoms. The number of methoxy groups -OCH3 is 1. The van der Waals surface area contributed by atoms with Crippen LogP contribution in [0.5, 0.6) is 5.75 Å². The standard InChI is InChI=1S/C17H17ClFNO2/c1-22-16-7-3-2-5-12(16)6-4-10-20-17(21)14-9-8-13(18)11-15(14)19/h2-3,5,7-9,11H,4,6,10H2,1H3,(H,20,21). The summed E-state index contributed by atoms with van der Waals surface area (Å²) in [7, 11) is 1.63. The summed E-state index contributed by atoms with van der Waals surface area (Å²) in [4.78, 5) is 11.9. The minimum atomic E-state index is -0.616. The summed E-state index contributed by atoms with van der Waals surface area (Å²) in [6.07, 6.45) is 1.51. The molecule has 0 atom stereocenters. The van der Waals surface area contributed by atoms with Crippen LogP contribution in [0.15, 0.2) is 42.5 Å². The molecule has 1 N–H and O–H groups in total. The van der Waals surface area contributed by atoms with Gasteiger partial charge in [0.2, 0.25) is 0 Å². The molecule has 22 heavy (non-hydrogen) atoms. The molecule has 0 aromatic heterocycles. The van der Waals surface area contributed by atoms with Crippen LogP contribution < -0.4 is 10.1 Å². The number of ether oxygens (including phenoxy) is 1. The molecule has 3 nitrogen and oxygen atoms in total. The van der Waals surface area contributed by atoms with Crippen molar-refractivity contribution < 1.29 is 13.9 Å². The van der Waals surface area contributed by atoms with Crippen molar-refractivity contribution in [3.05, 3.63) is 64.4 Å². The van der Waals surface area contributed by atoms with E-state index in [2.05, 4.69) is 5.32 Å². The van der Waals surface area contributed by atoms with Crippen molar-refractivity contribution in [2.24, 2.45) is 0 Å². The van der Waals surface area contributed by atoms with E-state index in [0.29, 0.717) is 6.54 Å². The van der Waals surface area contributed by atoms with Gasteiger partial charge in [0.1, 0.15) is 11.6 Å². The fourth-order valence-electron chi connectivity index (χ4n) is 2.16. The molecule has 2 aromatic rings. The highest BCUT2D eigenvalue weighted by Gasteiger charge is 2.11. The molecule has 0 saturated heterocycles. The van der Waals surface area contributed by atoms with Crippen LogP contribution in [-0.4, -0.2) is 19.6 Å². The second-order valence-electron chi connectivity index (χ2n) is 4.80. The zero-order valence-electron chi connectivity index (χ0n) is 12.2. The summed E-state index contributed by atoms with van der Waals surface area (Å²) >= 11 is 5.66. The molecule has 0 unspecified atom stereocenters. The van der Waals surface area contributed by atoms with Gasteiger partial charge in [-0.25, -0.2) is 4.39 Å². The van der Waals surface area contributed by atoms with Crippen LogP contribution in [-0.2, 0) is 6.42 Å². The molecule has 116 valence electrons. The fraction of sp³-hybridized carbons (Fsp3) is 0.235. The average molecular weight is 322 g/mol. The van der Waals surface area contributed by atoms with Crippen LogP contribution in [0.25, 0.3) is 0 Å². The Balaban J connectivity index is 1.85. The Morgan fingerprint density at radius 3 is 2.77 bits per heavy atom. The lowest BCUT2D eigenvalue weighted by molar-refractivity contribution is 0.0949. The first-order valence-electron chi connectivity index (χ1n) is 6.97. The number of nitrogens with one attached hydrogen (secondary N) is 1. The smallest absolute Gasteiger partial charge is 0.254 e. The maximum atomic E-state index is 13.6. The van der Waals surface area contributed by atoms with Gasteiger partial charge in [-0.05, 0) is 42.7 Å². The first kappa shape index (κ1) is 16.3. The van der Waals surface area contributed by atoms with E-state index in [0.717, 1.165) is 30.2 Å². The van der Waals surface area contributed by atoms with Crippen LogP contribution in [0, 0.1) is 5.82 Å². The molecule has 0 radical (unpaired) electrons. The van der Waals surface area contributed by atoms with Gasteiger partial charge in [0.25, 0.3) is 5.91 Å². The van der Waals surface area contributed by atoms with Gasteiger partial charge in [-0.3, -0.25) is 4.79 Å². The number of carbonyl (C=O) groups excluding carboxylic acids is 1. The normalized spacial score (nSPS) is 10.3. The minimum Gasteiger partial charge on any atom is -0.496 e. The first-order chi connectivity index (χ1) is 10.6. The summed E-state index contributed by atoms with van der Waals surface area (Å²) in [6, 6.07) is 11.7. The van der Waals surface area contributed by atoms with Crippen molar-refractivity contribution in [2.45, 2.75) is 12.8 Å². The summed E-state index contributed by atoms with van der Waals surface area (Å²) in [5.74, 6) is -0.221. The minimum absolute atomic E-state index is 0.00157. The van der Waals surface area contributed by atoms with Gasteiger partial charge in [0.05, 0.1) is 12.7 Å². The van der Waals surface area contributed by atoms with Gasteiger partial charge in [-0.1, -0.05) is 29.8 Å². The largest absolute Gasteiger partial charge is 0.496 e. The van der Waals surface area contributed by atoms with E-state index >= 15 is 0 Å². The number of hydrogen-bond acceptors (Lipinski definition) is 2. The van der Waals surface area contributed by atoms with E-state index in [1.54, 1.807) is 7.11 Å². The van der Waals surface area contributed by atoms with Crippen molar-refractivity contribution in [3.63, 3.8) is 0 Å². The Kier molecular flexibility index (Phi) is 5.78. The number of carbonyl (C=O) groups is 1. The highest BCUT2D eigenvalue weighted by atomic mass is 35.5. The van der Waals surface area contributed by atoms with Crippen molar-refractivity contribution in [2.75, 3.05) is 13.7 Å². The van der Waals surface area contributed by atoms with Crippen LogP contribution in [0.1, 0.15) is 22.3 Å². The van der Waals surface area contributed by atoms with Gasteiger partial charge < -0.3 is 10.1 Å². The predicted molar refractivity (Wildman–Crippen MR) is 85.1 cm³/mol. The van der Waals surface area contributed by atoms with Crippen LogP contribution in [0.3, 0.4) is 0 Å². The second-order valence-corrected chi connectivity index (χ2v) is 5.23. The quantitative estimate of drug-likeness (QED) is 0.821. The van der Waals surface area contributed by atoms with Crippen molar-refractivity contribution >= 4 is 17.5 Å². The maximum Gasteiger partial charge on any atom is 0.254 e. The molecular weight excluding hydrogens is 305 g/mol. The molecule has 0 fully saturated rings. The maximum absolute atomic E-state index is 13.6. The fourth-order valence-corrected chi connectivity index (χ4v) is 2.32. The number of rotatable bonds is 6. The molecule has 0 aliphatic heterocycles. The highest BCUT2D eigenvalue weighted by molar-refractivity contribution is 6.30. The van der Waals surface area contributed by atoms with Gasteiger partial charge in [-0.2, -0.15) is 0 Å². The number of benzene rings is 2. The van der Waals surface area contributed by atoms with E-state index < -0.39 is 11.7 Å². The molecule has 1 amide bonds. The van der Waals surface area contributed by atoms with Crippen LogP contribution in [0.4, 0.5) is 4.39 Å². The summed E-state index contributed by atoms with van der Waals surface area (Å²) in [6.45, 7) is 0.457. The molecule has 5 heteroatoms. The number of para-hydroxylation sites is 1. The highest BCUT2D eigenvalue weighted by Crippen LogP contribution is 2.18. The molecule has 2 aromatic carbocycles. The second kappa shape index (κ2) is 7.80. The molecule has 0 bridgehead atoms. The Morgan fingerprint density at radius 2 is 2.05 bits per heavy atom. The SMILES string of the molecule is COc1ccccc1CCCNC(=O)c1ccc(Cl)cc1F. The van der Waals surface area contributed by atoms with E-state index in [9.17, 15) is 9.18 Å². The molecule has 0 saturated carbocycles. The molecule has 2 rings (SSSR count). The van der Waals surface area contributed by atoms with E-state index in [-0.39, 0.29) is 10.6 Å². The van der Waals surface area contributed by atoms with Crippen LogP contribution >= 0.6 is 11.6 Å². The number of halogens is 2. The van der Waals surface area contributed by atoms with Gasteiger partial charge >= 0.3 is 0 Å². The summed E-state index contributed by atoms with van der Waals surface area (Å²) < 4.78 is 18.9. The zero-order chi connectivity index (χ0) is 15.9. The topological polar surface area (TPSA) is 38.3 Å². The number of amides is 1.